The lowest BCUT2D eigenvalue weighted by Gasteiger charge is -2.33. The average Bonchev–Trinajstić information content (AvgIpc) is 3.09. The van der Waals surface area contributed by atoms with Crippen LogP contribution in [0.5, 0.6) is 0 Å². The number of nitrogens with zero attached hydrogens (tertiary/aromatic N) is 1. The lowest BCUT2D eigenvalue weighted by atomic mass is 9.77. The number of amides is 1. The molecule has 3 nitrogen and oxygen atoms in total. The van der Waals surface area contributed by atoms with Crippen LogP contribution in [0.2, 0.25) is 0 Å². The summed E-state index contributed by atoms with van der Waals surface area (Å²) in [6.45, 7) is 5.33. The minimum atomic E-state index is 0.223. The zero-order valence-electron chi connectivity index (χ0n) is 13.0. The van der Waals surface area contributed by atoms with Gasteiger partial charge in [0.1, 0.15) is 0 Å². The van der Waals surface area contributed by atoms with Crippen molar-refractivity contribution in [3.05, 3.63) is 35.2 Å². The molecule has 1 amide bonds. The van der Waals surface area contributed by atoms with Crippen molar-refractivity contribution in [2.45, 2.75) is 32.2 Å². The summed E-state index contributed by atoms with van der Waals surface area (Å²) in [5, 5.41) is 6.59. The van der Waals surface area contributed by atoms with Gasteiger partial charge in [0.05, 0.1) is 5.56 Å². The van der Waals surface area contributed by atoms with Gasteiger partial charge >= 0.3 is 0 Å². The molecule has 1 spiro atoms. The number of benzene rings is 1. The van der Waals surface area contributed by atoms with Crippen molar-refractivity contribution in [3.63, 3.8) is 0 Å². The predicted molar refractivity (Wildman–Crippen MR) is 91.5 cm³/mol. The van der Waals surface area contributed by atoms with Gasteiger partial charge in [-0.25, -0.2) is 0 Å². The van der Waals surface area contributed by atoms with Crippen molar-refractivity contribution >= 4 is 27.3 Å². The van der Waals surface area contributed by atoms with Crippen molar-refractivity contribution in [1.82, 2.24) is 10.2 Å². The molecule has 22 heavy (non-hydrogen) atoms. The van der Waals surface area contributed by atoms with E-state index in [0.717, 1.165) is 37.0 Å². The SMILES string of the molecule is C[C@H]1CC2(CCNCC2)CN1C(=O)c1csc2ccccc12. The van der Waals surface area contributed by atoms with Crippen molar-refractivity contribution in [1.29, 1.82) is 0 Å². The first-order valence-corrected chi connectivity index (χ1v) is 9.04. The Hall–Kier alpha value is -1.39. The lowest BCUT2D eigenvalue weighted by Crippen LogP contribution is -2.40. The Balaban J connectivity index is 1.62. The van der Waals surface area contributed by atoms with Crippen LogP contribution in [-0.2, 0) is 0 Å². The van der Waals surface area contributed by atoms with E-state index in [9.17, 15) is 4.79 Å². The highest BCUT2D eigenvalue weighted by Crippen LogP contribution is 2.42. The second kappa shape index (κ2) is 5.36. The first kappa shape index (κ1) is 14.2. The van der Waals surface area contributed by atoms with E-state index in [1.54, 1.807) is 11.3 Å². The molecule has 2 fully saturated rings. The summed E-state index contributed by atoms with van der Waals surface area (Å²) < 4.78 is 1.20. The predicted octanol–water partition coefficient (Wildman–Crippen LogP) is 3.51. The van der Waals surface area contributed by atoms with Gasteiger partial charge in [-0.2, -0.15) is 0 Å². The van der Waals surface area contributed by atoms with E-state index >= 15 is 0 Å². The summed E-state index contributed by atoms with van der Waals surface area (Å²) in [6.07, 6.45) is 3.56. The van der Waals surface area contributed by atoms with E-state index in [-0.39, 0.29) is 5.91 Å². The molecule has 1 N–H and O–H groups in total. The van der Waals surface area contributed by atoms with Gasteiger partial charge < -0.3 is 10.2 Å². The van der Waals surface area contributed by atoms with E-state index < -0.39 is 0 Å². The Bertz CT molecular complexity index is 702. The van der Waals surface area contributed by atoms with Gasteiger partial charge in [-0.3, -0.25) is 4.79 Å². The fourth-order valence-electron chi connectivity index (χ4n) is 4.21. The monoisotopic (exact) mass is 314 g/mol. The highest BCUT2D eigenvalue weighted by Gasteiger charge is 2.44. The first-order chi connectivity index (χ1) is 10.7. The summed E-state index contributed by atoms with van der Waals surface area (Å²) in [4.78, 5) is 15.2. The van der Waals surface area contributed by atoms with Crippen LogP contribution in [0, 0.1) is 5.41 Å². The number of nitrogens with one attached hydrogen (secondary N) is 1. The maximum atomic E-state index is 13.1. The summed E-state index contributed by atoms with van der Waals surface area (Å²) in [6, 6.07) is 8.58. The van der Waals surface area contributed by atoms with Gasteiger partial charge in [-0.15, -0.1) is 11.3 Å². The summed E-state index contributed by atoms with van der Waals surface area (Å²) >= 11 is 1.67. The summed E-state index contributed by atoms with van der Waals surface area (Å²) in [5.74, 6) is 0.223. The maximum absolute atomic E-state index is 13.1. The molecule has 116 valence electrons. The lowest BCUT2D eigenvalue weighted by molar-refractivity contribution is 0.0726. The Morgan fingerprint density at radius 2 is 2.09 bits per heavy atom. The third-order valence-corrected chi connectivity index (χ3v) is 6.37. The van der Waals surface area contributed by atoms with Crippen molar-refractivity contribution in [2.75, 3.05) is 19.6 Å². The van der Waals surface area contributed by atoms with E-state index in [4.69, 9.17) is 0 Å². The largest absolute Gasteiger partial charge is 0.335 e. The first-order valence-electron chi connectivity index (χ1n) is 8.16. The zero-order valence-corrected chi connectivity index (χ0v) is 13.8. The van der Waals surface area contributed by atoms with Gasteiger partial charge in [0.15, 0.2) is 0 Å². The summed E-state index contributed by atoms with van der Waals surface area (Å²) in [5.41, 5.74) is 1.24. The smallest absolute Gasteiger partial charge is 0.255 e. The van der Waals surface area contributed by atoms with Gasteiger partial charge in [-0.1, -0.05) is 18.2 Å². The molecule has 1 aromatic carbocycles. The number of thiophene rings is 1. The molecule has 0 aliphatic carbocycles. The second-order valence-corrected chi connectivity index (χ2v) is 7.79. The molecule has 0 unspecified atom stereocenters. The molecule has 2 aromatic rings. The van der Waals surface area contributed by atoms with E-state index in [1.165, 1.54) is 17.5 Å². The van der Waals surface area contributed by atoms with Crippen LogP contribution in [0.4, 0.5) is 0 Å². The number of fused-ring (bicyclic) bond motifs is 1. The molecule has 0 radical (unpaired) electrons. The molecule has 3 heterocycles. The topological polar surface area (TPSA) is 32.3 Å². The molecule has 2 saturated heterocycles. The Morgan fingerprint density at radius 1 is 1.32 bits per heavy atom. The van der Waals surface area contributed by atoms with Crippen LogP contribution in [0.3, 0.4) is 0 Å². The molecule has 1 aromatic heterocycles. The van der Waals surface area contributed by atoms with E-state index in [2.05, 4.69) is 29.3 Å². The molecular weight excluding hydrogens is 292 g/mol. The van der Waals surface area contributed by atoms with Crippen molar-refractivity contribution in [3.8, 4) is 0 Å². The third kappa shape index (κ3) is 2.25. The molecule has 4 rings (SSSR count). The van der Waals surface area contributed by atoms with Crippen LogP contribution in [-0.4, -0.2) is 36.5 Å². The fourth-order valence-corrected chi connectivity index (χ4v) is 5.14. The third-order valence-electron chi connectivity index (χ3n) is 5.40. The number of carbonyl (C=O) groups is 1. The number of carbonyl (C=O) groups excluding carboxylic acids is 1. The minimum Gasteiger partial charge on any atom is -0.335 e. The number of hydrogen-bond acceptors (Lipinski definition) is 3. The normalized spacial score (nSPS) is 24.2. The zero-order chi connectivity index (χ0) is 15.2. The number of piperidine rings is 1. The number of rotatable bonds is 1. The Kier molecular flexibility index (Phi) is 3.46. The van der Waals surface area contributed by atoms with E-state index in [1.807, 2.05) is 17.5 Å². The molecule has 2 aliphatic rings. The number of likely N-dealkylation sites (tertiary alicyclic amines) is 1. The average molecular weight is 314 g/mol. The maximum Gasteiger partial charge on any atom is 0.255 e. The van der Waals surface area contributed by atoms with E-state index in [0.29, 0.717) is 11.5 Å². The molecule has 4 heteroatoms. The summed E-state index contributed by atoms with van der Waals surface area (Å²) in [7, 11) is 0. The number of hydrogen-bond donors (Lipinski definition) is 1. The van der Waals surface area contributed by atoms with Crippen LogP contribution in [0.15, 0.2) is 29.6 Å². The standard InChI is InChI=1S/C18H22N2OS/c1-13-10-18(6-8-19-9-7-18)12-20(13)17(21)15-11-22-16-5-3-2-4-14(15)16/h2-5,11,13,19H,6-10,12H2,1H3/t13-/m0/s1. The van der Waals surface area contributed by atoms with Gasteiger partial charge in [0, 0.05) is 28.1 Å². The Labute approximate surface area is 135 Å². The molecule has 1 atom stereocenters. The minimum absolute atomic E-state index is 0.223. The van der Waals surface area contributed by atoms with Crippen molar-refractivity contribution < 1.29 is 4.79 Å². The molecule has 2 aliphatic heterocycles. The van der Waals surface area contributed by atoms with Crippen molar-refractivity contribution in [2.24, 2.45) is 5.41 Å². The van der Waals surface area contributed by atoms with Gasteiger partial charge in [0.25, 0.3) is 5.91 Å². The second-order valence-electron chi connectivity index (χ2n) is 6.88. The van der Waals surface area contributed by atoms with Gasteiger partial charge in [0.2, 0.25) is 0 Å². The quantitative estimate of drug-likeness (QED) is 0.873. The molecule has 0 bridgehead atoms. The van der Waals surface area contributed by atoms with Crippen LogP contribution >= 0.6 is 11.3 Å². The highest BCUT2D eigenvalue weighted by atomic mass is 32.1. The highest BCUT2D eigenvalue weighted by molar-refractivity contribution is 7.17. The van der Waals surface area contributed by atoms with Crippen LogP contribution in [0.25, 0.3) is 10.1 Å². The van der Waals surface area contributed by atoms with Gasteiger partial charge in [-0.05, 0) is 50.8 Å². The Morgan fingerprint density at radius 3 is 2.91 bits per heavy atom. The van der Waals surface area contributed by atoms with Crippen LogP contribution in [0.1, 0.15) is 36.5 Å². The fraction of sp³-hybridized carbons (Fsp3) is 0.500. The molecule has 0 saturated carbocycles. The van der Waals surface area contributed by atoms with Crippen LogP contribution < -0.4 is 5.32 Å². The molecular formula is C18H22N2OS.